The molecule has 0 unspecified atom stereocenters. The van der Waals surface area contributed by atoms with Crippen molar-refractivity contribution >= 4 is 60.9 Å². The quantitative estimate of drug-likeness (QED) is 0.368. The fraction of sp³-hybridized carbons (Fsp3) is 0. The van der Waals surface area contributed by atoms with Crippen LogP contribution in [0.25, 0.3) is 0 Å². The van der Waals surface area contributed by atoms with Gasteiger partial charge in [0.2, 0.25) is 0 Å². The van der Waals surface area contributed by atoms with Gasteiger partial charge in [-0.05, 0) is 0 Å². The van der Waals surface area contributed by atoms with Crippen LogP contribution in [0.4, 0.5) is 0 Å². The monoisotopic (exact) mass is 426 g/mol. The average molecular weight is 427 g/mol. The minimum atomic E-state index is 0. The third-order valence-corrected chi connectivity index (χ3v) is 0. The molecule has 4 heteroatoms. The average Bonchev–Trinajstić information content (AvgIpc) is 1.00. The van der Waals surface area contributed by atoms with Gasteiger partial charge in [0, 0.05) is 19.5 Å². The summed E-state index contributed by atoms with van der Waals surface area (Å²) in [4.78, 5) is 0. The largest absolute Gasteiger partial charge is 0 e. The standard InChI is InChI=1S/Al.Pb.Sb.Zn.6H. The molecule has 0 saturated carbocycles. The van der Waals surface area contributed by atoms with Crippen molar-refractivity contribution in [3.63, 3.8) is 0 Å². The van der Waals surface area contributed by atoms with E-state index in [2.05, 4.69) is 0 Å². The molecule has 0 aromatic heterocycles. The predicted molar refractivity (Wildman–Crippen MR) is 25.6 cm³/mol. The van der Waals surface area contributed by atoms with Crippen molar-refractivity contribution in [1.82, 2.24) is 0 Å². The van der Waals surface area contributed by atoms with E-state index >= 15 is 0 Å². The predicted octanol–water partition coefficient (Wildman–Crippen LogP) is -2.75. The minimum Gasteiger partial charge on any atom is 0 e. The summed E-state index contributed by atoms with van der Waals surface area (Å²) in [5, 5.41) is 0. The van der Waals surface area contributed by atoms with Crippen LogP contribution in [0, 0.1) is 0 Å². The van der Waals surface area contributed by atoms with Gasteiger partial charge in [-0.15, -0.1) is 0 Å². The zero-order chi connectivity index (χ0) is 2.00. The van der Waals surface area contributed by atoms with Gasteiger partial charge in [-0.25, -0.2) is 0 Å². The third kappa shape index (κ3) is 8.86. The summed E-state index contributed by atoms with van der Waals surface area (Å²) in [6.45, 7) is 0. The summed E-state index contributed by atoms with van der Waals surface area (Å²) in [5.41, 5.74) is 0. The summed E-state index contributed by atoms with van der Waals surface area (Å²) >= 11 is 2.92. The molecule has 0 aliphatic heterocycles. The molecule has 4 heavy (non-hydrogen) atoms. The van der Waals surface area contributed by atoms with Gasteiger partial charge < -0.3 is 0 Å². The molecule has 0 aromatic rings. The molecule has 0 spiro atoms. The van der Waals surface area contributed by atoms with Gasteiger partial charge in [-0.1, -0.05) is 0 Å². The molecule has 2 radical (unpaired) electrons. The number of rotatable bonds is 0. The molecule has 0 N–H and O–H groups in total. The van der Waals surface area contributed by atoms with Gasteiger partial charge in [0.25, 0.3) is 0 Å². The number of hydrogen-bond donors (Lipinski definition) is 0. The molecule has 0 amide bonds. The second-order valence-electron chi connectivity index (χ2n) is 0. The van der Waals surface area contributed by atoms with Crippen LogP contribution in [0.1, 0.15) is 0 Å². The van der Waals surface area contributed by atoms with Crippen molar-refractivity contribution in [2.24, 2.45) is 0 Å². The summed E-state index contributed by atoms with van der Waals surface area (Å²) < 4.78 is 0. The molecule has 0 heterocycles. The van der Waals surface area contributed by atoms with Crippen LogP contribution in [0.15, 0.2) is 0 Å². The zero-order valence-corrected chi connectivity index (χ0v) is 16.8. The van der Waals surface area contributed by atoms with E-state index in [4.69, 9.17) is 0 Å². The van der Waals surface area contributed by atoms with Crippen LogP contribution in [0.2, 0.25) is 0 Å². The van der Waals surface area contributed by atoms with Crippen molar-refractivity contribution in [1.29, 1.82) is 0 Å². The Balaban J connectivity index is -0.00000000500. The summed E-state index contributed by atoms with van der Waals surface area (Å²) in [6.07, 6.45) is 0. The molecule has 0 saturated heterocycles. The smallest absolute Gasteiger partial charge is 0 e. The Bertz CT molecular complexity index is 8.00. The topological polar surface area (TPSA) is 0 Å². The van der Waals surface area contributed by atoms with Crippen LogP contribution in [-0.2, 0) is 19.5 Å². The van der Waals surface area contributed by atoms with Gasteiger partial charge in [0.05, 0.1) is 0 Å². The summed E-state index contributed by atoms with van der Waals surface area (Å²) in [6, 6.07) is 0. The Morgan fingerprint density at radius 2 is 1.25 bits per heavy atom. The molecular weight excluding hydrogens is 421 g/mol. The van der Waals surface area contributed by atoms with Crippen molar-refractivity contribution in [2.45, 2.75) is 0 Å². The maximum absolute atomic E-state index is 1.49. The van der Waals surface area contributed by atoms with E-state index in [0.717, 1.165) is 0 Å². The van der Waals surface area contributed by atoms with Crippen molar-refractivity contribution in [2.75, 3.05) is 0 Å². The summed E-state index contributed by atoms with van der Waals surface area (Å²) in [7, 11) is 0. The molecule has 0 rings (SSSR count). The first-order valence-electron chi connectivity index (χ1n) is 0.577. The molecule has 0 aliphatic rings. The molecular formula is H6AlPbSbZn. The molecule has 0 atom stereocenters. The first-order valence-corrected chi connectivity index (χ1v) is 11.6. The van der Waals surface area contributed by atoms with Crippen LogP contribution in [0.3, 0.4) is 0 Å². The van der Waals surface area contributed by atoms with E-state index < -0.39 is 0 Å². The number of hydrogen-bond acceptors (Lipinski definition) is 0. The second kappa shape index (κ2) is 16.9. The van der Waals surface area contributed by atoms with Crippen molar-refractivity contribution in [3.05, 3.63) is 0 Å². The molecule has 0 fully saturated rings. The van der Waals surface area contributed by atoms with Crippen LogP contribution in [-0.4, -0.2) is 60.9 Å². The molecule has 0 aromatic carbocycles. The third-order valence-electron chi connectivity index (χ3n) is 0. The fourth-order valence-corrected chi connectivity index (χ4v) is 0. The van der Waals surface area contributed by atoms with E-state index in [1.165, 1.54) is 33.6 Å². The molecule has 20 valence electrons. The summed E-state index contributed by atoms with van der Waals surface area (Å²) in [5.74, 6) is 0. The first-order chi connectivity index (χ1) is 1.00. The first kappa shape index (κ1) is 15.8. The van der Waals surface area contributed by atoms with Crippen LogP contribution < -0.4 is 0 Å². The molecule has 0 aliphatic carbocycles. The Morgan fingerprint density at radius 1 is 1.25 bits per heavy atom. The van der Waals surface area contributed by atoms with E-state index in [1.807, 2.05) is 0 Å². The zero-order valence-electron chi connectivity index (χ0n) is 2.99. The maximum Gasteiger partial charge on any atom is 0 e. The van der Waals surface area contributed by atoms with Crippen LogP contribution >= 0.6 is 0 Å². The van der Waals surface area contributed by atoms with Crippen molar-refractivity contribution in [3.8, 4) is 0 Å². The maximum atomic E-state index is 1.49. The molecule has 0 bridgehead atoms. The van der Waals surface area contributed by atoms with Crippen LogP contribution in [0.5, 0.6) is 0 Å². The van der Waals surface area contributed by atoms with Gasteiger partial charge in [-0.2, -0.15) is 0 Å². The minimum absolute atomic E-state index is 0. The Labute approximate surface area is 78.8 Å². The van der Waals surface area contributed by atoms with E-state index in [9.17, 15) is 0 Å². The Morgan fingerprint density at radius 3 is 1.25 bits per heavy atom. The van der Waals surface area contributed by atoms with E-state index in [1.54, 1.807) is 0 Å². The molecule has 0 nitrogen and oxygen atoms in total. The Kier molecular flexibility index (Phi) is 66.5. The Hall–Kier alpha value is 2.90. The SMILES string of the molecule is [AlH2][SbH2].[PbH2].[Zn]. The van der Waals surface area contributed by atoms with E-state index in [-0.39, 0.29) is 46.8 Å². The van der Waals surface area contributed by atoms with Gasteiger partial charge in [-0.3, -0.25) is 0 Å². The van der Waals surface area contributed by atoms with Gasteiger partial charge in [0.15, 0.2) is 0 Å². The van der Waals surface area contributed by atoms with Gasteiger partial charge >= 0.3 is 60.9 Å². The second-order valence-corrected chi connectivity index (χ2v) is 0. The van der Waals surface area contributed by atoms with Gasteiger partial charge in [0.1, 0.15) is 0 Å². The normalized spacial score (nSPS) is 1.25. The van der Waals surface area contributed by atoms with E-state index in [0.29, 0.717) is 0 Å². The van der Waals surface area contributed by atoms with Crippen molar-refractivity contribution < 1.29 is 19.5 Å². The fourth-order valence-electron chi connectivity index (χ4n) is 0.